The first-order chi connectivity index (χ1) is 15.0. The number of nitrogens with zero attached hydrogens (tertiary/aromatic N) is 4. The van der Waals surface area contributed by atoms with E-state index in [-0.39, 0.29) is 24.7 Å². The van der Waals surface area contributed by atoms with Crippen molar-refractivity contribution in [3.05, 3.63) is 88.5 Å². The van der Waals surface area contributed by atoms with E-state index in [0.717, 1.165) is 11.3 Å². The van der Waals surface area contributed by atoms with Crippen LogP contribution in [-0.2, 0) is 11.3 Å². The molecular formula is C21H15FN4O4S. The molecule has 8 nitrogen and oxygen atoms in total. The summed E-state index contributed by atoms with van der Waals surface area (Å²) in [4.78, 5) is 33.7. The van der Waals surface area contributed by atoms with Gasteiger partial charge in [0.05, 0.1) is 27.4 Å². The molecule has 2 heterocycles. The lowest BCUT2D eigenvalue weighted by molar-refractivity contribution is -0.384. The van der Waals surface area contributed by atoms with Crippen molar-refractivity contribution >= 4 is 38.3 Å². The van der Waals surface area contributed by atoms with Crippen LogP contribution in [-0.4, -0.2) is 27.4 Å². The molecule has 4 aromatic rings. The van der Waals surface area contributed by atoms with Gasteiger partial charge in [-0.25, -0.2) is 9.37 Å². The number of rotatable bonds is 7. The molecule has 0 radical (unpaired) electrons. The molecule has 1 amide bonds. The predicted molar refractivity (Wildman–Crippen MR) is 114 cm³/mol. The summed E-state index contributed by atoms with van der Waals surface area (Å²) in [6.45, 7) is -0.150. The van der Waals surface area contributed by atoms with Crippen LogP contribution < -0.4 is 9.64 Å². The lowest BCUT2D eigenvalue weighted by Gasteiger charge is -2.19. The van der Waals surface area contributed by atoms with Gasteiger partial charge in [-0.15, -0.1) is 0 Å². The van der Waals surface area contributed by atoms with Crippen molar-refractivity contribution in [2.45, 2.75) is 6.54 Å². The van der Waals surface area contributed by atoms with Gasteiger partial charge in [-0.1, -0.05) is 17.4 Å². The topological polar surface area (TPSA) is 98.5 Å². The molecule has 10 heteroatoms. The van der Waals surface area contributed by atoms with Crippen LogP contribution >= 0.6 is 11.3 Å². The maximum atomic E-state index is 13.1. The smallest absolute Gasteiger partial charge is 0.270 e. The van der Waals surface area contributed by atoms with Crippen LogP contribution in [0.1, 0.15) is 5.69 Å². The molecular weight excluding hydrogens is 423 g/mol. The number of aromatic nitrogens is 2. The standard InChI is InChI=1S/C21H15FN4O4S/c22-14-4-7-17(8-5-14)30-13-20(27)25(12-15-3-1-2-10-23-15)21-24-18-9-6-16(26(28)29)11-19(18)31-21/h1-11H,12-13H2. The zero-order valence-electron chi connectivity index (χ0n) is 16.0. The van der Waals surface area contributed by atoms with Gasteiger partial charge in [0, 0.05) is 18.3 Å². The van der Waals surface area contributed by atoms with Crippen LogP contribution in [0.5, 0.6) is 5.75 Å². The first kappa shape index (κ1) is 20.4. The van der Waals surface area contributed by atoms with Gasteiger partial charge in [0.1, 0.15) is 11.6 Å². The van der Waals surface area contributed by atoms with Gasteiger partial charge in [0.2, 0.25) is 0 Å². The first-order valence-electron chi connectivity index (χ1n) is 9.13. The third-order valence-electron chi connectivity index (χ3n) is 4.33. The SMILES string of the molecule is O=C(COc1ccc(F)cc1)N(Cc1ccccn1)c1nc2ccc([N+](=O)[O-])cc2s1. The van der Waals surface area contributed by atoms with Crippen LogP contribution in [0.4, 0.5) is 15.2 Å². The molecule has 0 saturated heterocycles. The van der Waals surface area contributed by atoms with E-state index in [1.807, 2.05) is 6.07 Å². The Bertz CT molecular complexity index is 1230. The lowest BCUT2D eigenvalue weighted by Crippen LogP contribution is -2.34. The molecule has 156 valence electrons. The second-order valence-corrected chi connectivity index (χ2v) is 7.46. The summed E-state index contributed by atoms with van der Waals surface area (Å²) in [7, 11) is 0. The highest BCUT2D eigenvalue weighted by atomic mass is 32.1. The van der Waals surface area contributed by atoms with Crippen molar-refractivity contribution in [1.29, 1.82) is 0 Å². The van der Waals surface area contributed by atoms with Crippen molar-refractivity contribution < 1.29 is 18.8 Å². The van der Waals surface area contributed by atoms with Crippen LogP contribution in [0.15, 0.2) is 66.9 Å². The Kier molecular flexibility index (Phi) is 5.80. The summed E-state index contributed by atoms with van der Waals surface area (Å²) in [5, 5.41) is 11.4. The van der Waals surface area contributed by atoms with Crippen molar-refractivity contribution in [3.63, 3.8) is 0 Å². The molecule has 0 bridgehead atoms. The summed E-state index contributed by atoms with van der Waals surface area (Å²) in [6.07, 6.45) is 1.62. The number of amides is 1. The van der Waals surface area contributed by atoms with Crippen LogP contribution in [0.25, 0.3) is 10.2 Å². The lowest BCUT2D eigenvalue weighted by atomic mass is 10.3. The molecule has 2 aromatic carbocycles. The minimum Gasteiger partial charge on any atom is -0.484 e. The Balaban J connectivity index is 1.61. The normalized spacial score (nSPS) is 10.7. The monoisotopic (exact) mass is 438 g/mol. The fourth-order valence-corrected chi connectivity index (χ4v) is 3.82. The van der Waals surface area contributed by atoms with Gasteiger partial charge in [0.25, 0.3) is 11.6 Å². The Morgan fingerprint density at radius 1 is 1.16 bits per heavy atom. The number of non-ortho nitro benzene ring substituents is 1. The highest BCUT2D eigenvalue weighted by Crippen LogP contribution is 2.32. The van der Waals surface area contributed by atoms with E-state index in [4.69, 9.17) is 4.74 Å². The second-order valence-electron chi connectivity index (χ2n) is 6.45. The molecule has 0 fully saturated rings. The van der Waals surface area contributed by atoms with Crippen LogP contribution in [0.2, 0.25) is 0 Å². The Labute approximate surface area is 179 Å². The summed E-state index contributed by atoms with van der Waals surface area (Å²) >= 11 is 1.16. The van der Waals surface area contributed by atoms with Crippen molar-refractivity contribution in [2.75, 3.05) is 11.5 Å². The summed E-state index contributed by atoms with van der Waals surface area (Å²) in [5.74, 6) is -0.435. The number of thiazole rings is 1. The molecule has 4 rings (SSSR count). The molecule has 0 N–H and O–H groups in total. The minimum absolute atomic E-state index is 0.0510. The molecule has 31 heavy (non-hydrogen) atoms. The molecule has 0 aliphatic carbocycles. The molecule has 0 spiro atoms. The average Bonchev–Trinajstić information content (AvgIpc) is 3.20. The van der Waals surface area contributed by atoms with Crippen molar-refractivity contribution in [1.82, 2.24) is 9.97 Å². The van der Waals surface area contributed by atoms with Gasteiger partial charge < -0.3 is 4.74 Å². The molecule has 0 unspecified atom stereocenters. The number of nitro benzene ring substituents is 1. The Morgan fingerprint density at radius 2 is 1.97 bits per heavy atom. The fraction of sp³-hybridized carbons (Fsp3) is 0.0952. The second kappa shape index (κ2) is 8.84. The number of fused-ring (bicyclic) bond motifs is 1. The highest BCUT2D eigenvalue weighted by Gasteiger charge is 2.22. The fourth-order valence-electron chi connectivity index (χ4n) is 2.80. The van der Waals surface area contributed by atoms with Gasteiger partial charge in [0.15, 0.2) is 11.7 Å². The van der Waals surface area contributed by atoms with E-state index >= 15 is 0 Å². The Hall–Kier alpha value is -3.92. The molecule has 0 aliphatic rings. The predicted octanol–water partition coefficient (Wildman–Crippen LogP) is 4.35. The molecule has 0 aliphatic heterocycles. The van der Waals surface area contributed by atoms with E-state index in [1.165, 1.54) is 41.3 Å². The molecule has 0 saturated carbocycles. The summed E-state index contributed by atoms with van der Waals surface area (Å²) in [5.41, 5.74) is 1.14. The number of anilines is 1. The van der Waals surface area contributed by atoms with Gasteiger partial charge in [-0.3, -0.25) is 24.8 Å². The van der Waals surface area contributed by atoms with Crippen LogP contribution in [0.3, 0.4) is 0 Å². The van der Waals surface area contributed by atoms with Crippen LogP contribution in [0, 0.1) is 15.9 Å². The largest absolute Gasteiger partial charge is 0.484 e. The number of hydrogen-bond donors (Lipinski definition) is 0. The van der Waals surface area contributed by atoms with Gasteiger partial charge >= 0.3 is 0 Å². The van der Waals surface area contributed by atoms with Gasteiger partial charge in [-0.05, 0) is 42.5 Å². The van der Waals surface area contributed by atoms with E-state index in [9.17, 15) is 19.3 Å². The molecule has 0 atom stereocenters. The summed E-state index contributed by atoms with van der Waals surface area (Å²) < 4.78 is 19.2. The maximum absolute atomic E-state index is 13.1. The highest BCUT2D eigenvalue weighted by molar-refractivity contribution is 7.22. The summed E-state index contributed by atoms with van der Waals surface area (Å²) in [6, 6.07) is 15.0. The molecule has 2 aromatic heterocycles. The van der Waals surface area contributed by atoms with E-state index in [1.54, 1.807) is 24.4 Å². The van der Waals surface area contributed by atoms with Crippen molar-refractivity contribution in [2.24, 2.45) is 0 Å². The number of hydrogen-bond acceptors (Lipinski definition) is 7. The number of carbonyl (C=O) groups is 1. The maximum Gasteiger partial charge on any atom is 0.270 e. The number of halogens is 1. The number of carbonyl (C=O) groups excluding carboxylic acids is 1. The quantitative estimate of drug-likeness (QED) is 0.314. The number of nitro groups is 1. The van der Waals surface area contributed by atoms with E-state index in [2.05, 4.69) is 9.97 Å². The first-order valence-corrected chi connectivity index (χ1v) is 9.95. The number of ether oxygens (including phenoxy) is 1. The minimum atomic E-state index is -0.480. The zero-order valence-corrected chi connectivity index (χ0v) is 16.8. The van der Waals surface area contributed by atoms with Crippen molar-refractivity contribution in [3.8, 4) is 5.75 Å². The zero-order chi connectivity index (χ0) is 21.8. The van der Waals surface area contributed by atoms with E-state index < -0.39 is 10.7 Å². The third-order valence-corrected chi connectivity index (χ3v) is 5.37. The number of benzene rings is 2. The van der Waals surface area contributed by atoms with Gasteiger partial charge in [-0.2, -0.15) is 0 Å². The third kappa shape index (κ3) is 4.81. The average molecular weight is 438 g/mol. The Morgan fingerprint density at radius 3 is 2.68 bits per heavy atom. The van der Waals surface area contributed by atoms with E-state index in [0.29, 0.717) is 26.8 Å². The number of pyridine rings is 1.